The molecule has 1 saturated carbocycles. The molecule has 2 N–H and O–H groups in total. The molecular formula is C12H17NO2. The average Bonchev–Trinajstić information content (AvgIpc) is 3.07. The van der Waals surface area contributed by atoms with Gasteiger partial charge < -0.3 is 15.2 Å². The first-order chi connectivity index (χ1) is 7.29. The Hall–Kier alpha value is -1.22. The summed E-state index contributed by atoms with van der Waals surface area (Å²) < 4.78 is 5.24. The fourth-order valence-electron chi connectivity index (χ4n) is 1.64. The average molecular weight is 207 g/mol. The highest BCUT2D eigenvalue weighted by Gasteiger charge is 2.41. The first kappa shape index (κ1) is 10.3. The molecule has 1 aromatic carbocycles. The third kappa shape index (κ3) is 2.23. The summed E-state index contributed by atoms with van der Waals surface area (Å²) in [6.07, 6.45) is 2.23. The van der Waals surface area contributed by atoms with Gasteiger partial charge in [0.05, 0.1) is 19.4 Å². The Bertz CT molecular complexity index is 334. The monoisotopic (exact) mass is 207 g/mol. The number of methoxy groups -OCH3 is 1. The topological polar surface area (TPSA) is 41.5 Å². The van der Waals surface area contributed by atoms with Crippen molar-refractivity contribution < 1.29 is 9.84 Å². The van der Waals surface area contributed by atoms with Crippen LogP contribution in [-0.4, -0.2) is 25.4 Å². The van der Waals surface area contributed by atoms with E-state index in [-0.39, 0.29) is 12.0 Å². The highest BCUT2D eigenvalue weighted by Crippen LogP contribution is 2.45. The first-order valence-corrected chi connectivity index (χ1v) is 5.27. The van der Waals surface area contributed by atoms with E-state index < -0.39 is 0 Å². The quantitative estimate of drug-likeness (QED) is 0.774. The number of para-hydroxylation sites is 2. The lowest BCUT2D eigenvalue weighted by molar-refractivity contribution is 0.219. The molecular weight excluding hydrogens is 190 g/mol. The van der Waals surface area contributed by atoms with Gasteiger partial charge in [0.25, 0.3) is 0 Å². The molecule has 0 aromatic heterocycles. The zero-order chi connectivity index (χ0) is 10.7. The molecule has 0 spiro atoms. The summed E-state index contributed by atoms with van der Waals surface area (Å²) in [6, 6.07) is 7.85. The molecule has 0 bridgehead atoms. The maximum Gasteiger partial charge on any atom is 0.141 e. The van der Waals surface area contributed by atoms with E-state index in [2.05, 4.69) is 5.32 Å². The Morgan fingerprint density at radius 3 is 2.73 bits per heavy atom. The summed E-state index contributed by atoms with van der Waals surface area (Å²) >= 11 is 0. The van der Waals surface area contributed by atoms with Crippen LogP contribution in [0.4, 0.5) is 5.69 Å². The number of ether oxygens (including phenoxy) is 1. The van der Waals surface area contributed by atoms with Crippen LogP contribution >= 0.6 is 0 Å². The highest BCUT2D eigenvalue weighted by molar-refractivity contribution is 5.56. The van der Waals surface area contributed by atoms with Crippen molar-refractivity contribution >= 4 is 5.69 Å². The van der Waals surface area contributed by atoms with Gasteiger partial charge >= 0.3 is 0 Å². The second-order valence-electron chi connectivity index (χ2n) is 4.21. The van der Waals surface area contributed by atoms with Gasteiger partial charge in [0.2, 0.25) is 0 Å². The van der Waals surface area contributed by atoms with Crippen LogP contribution in [0.5, 0.6) is 5.75 Å². The van der Waals surface area contributed by atoms with Gasteiger partial charge in [-0.05, 0) is 25.0 Å². The van der Waals surface area contributed by atoms with E-state index in [1.807, 2.05) is 24.3 Å². The second-order valence-corrected chi connectivity index (χ2v) is 4.21. The minimum atomic E-state index is 0.126. The molecule has 1 fully saturated rings. The molecule has 0 saturated heterocycles. The first-order valence-electron chi connectivity index (χ1n) is 5.27. The van der Waals surface area contributed by atoms with E-state index in [0.29, 0.717) is 0 Å². The normalized spacial score (nSPS) is 17.2. The molecule has 3 nitrogen and oxygen atoms in total. The number of hydrogen-bond donors (Lipinski definition) is 2. The van der Waals surface area contributed by atoms with E-state index in [1.165, 1.54) is 0 Å². The predicted octanol–water partition coefficient (Wildman–Crippen LogP) is 1.88. The Kier molecular flexibility index (Phi) is 2.82. The fraction of sp³-hybridized carbons (Fsp3) is 0.500. The molecule has 2 rings (SSSR count). The second kappa shape index (κ2) is 4.11. The van der Waals surface area contributed by atoms with Crippen molar-refractivity contribution in [2.75, 3.05) is 25.6 Å². The Labute approximate surface area is 90.1 Å². The van der Waals surface area contributed by atoms with Gasteiger partial charge in [-0.25, -0.2) is 0 Å². The molecule has 0 aliphatic heterocycles. The van der Waals surface area contributed by atoms with Crippen molar-refractivity contribution in [1.82, 2.24) is 0 Å². The van der Waals surface area contributed by atoms with Crippen LogP contribution < -0.4 is 10.1 Å². The van der Waals surface area contributed by atoms with E-state index >= 15 is 0 Å². The van der Waals surface area contributed by atoms with Gasteiger partial charge in [0, 0.05) is 12.0 Å². The van der Waals surface area contributed by atoms with Crippen LogP contribution in [0.25, 0.3) is 0 Å². The molecule has 0 amide bonds. The molecule has 1 aliphatic rings. The van der Waals surface area contributed by atoms with Crippen LogP contribution in [0.15, 0.2) is 24.3 Å². The summed E-state index contributed by atoms with van der Waals surface area (Å²) in [7, 11) is 1.67. The van der Waals surface area contributed by atoms with E-state index in [9.17, 15) is 5.11 Å². The summed E-state index contributed by atoms with van der Waals surface area (Å²) in [5.41, 5.74) is 1.13. The molecule has 0 atom stereocenters. The zero-order valence-corrected chi connectivity index (χ0v) is 8.99. The largest absolute Gasteiger partial charge is 0.495 e. The smallest absolute Gasteiger partial charge is 0.141 e. The van der Waals surface area contributed by atoms with Crippen LogP contribution in [0, 0.1) is 5.41 Å². The number of hydrogen-bond acceptors (Lipinski definition) is 3. The number of nitrogens with one attached hydrogen (secondary N) is 1. The number of rotatable bonds is 5. The van der Waals surface area contributed by atoms with Gasteiger partial charge in [-0.1, -0.05) is 12.1 Å². The van der Waals surface area contributed by atoms with Crippen LogP contribution in [-0.2, 0) is 0 Å². The summed E-state index contributed by atoms with van der Waals surface area (Å²) in [5, 5.41) is 12.5. The van der Waals surface area contributed by atoms with Crippen LogP contribution in [0.1, 0.15) is 12.8 Å². The fourth-order valence-corrected chi connectivity index (χ4v) is 1.64. The lowest BCUT2D eigenvalue weighted by Crippen LogP contribution is -2.19. The van der Waals surface area contributed by atoms with Crippen molar-refractivity contribution in [3.05, 3.63) is 24.3 Å². The molecule has 0 unspecified atom stereocenters. The van der Waals surface area contributed by atoms with E-state index in [0.717, 1.165) is 30.8 Å². The summed E-state index contributed by atoms with van der Waals surface area (Å²) in [5.74, 6) is 0.853. The SMILES string of the molecule is COc1ccccc1NCC1(CO)CC1. The Balaban J connectivity index is 1.98. The van der Waals surface area contributed by atoms with Crippen molar-refractivity contribution in [3.8, 4) is 5.75 Å². The molecule has 82 valence electrons. The van der Waals surface area contributed by atoms with Gasteiger partial charge in [0.15, 0.2) is 0 Å². The standard InChI is InChI=1S/C12H17NO2/c1-15-11-5-3-2-4-10(11)13-8-12(9-14)6-7-12/h2-5,13-14H,6-9H2,1H3. The van der Waals surface area contributed by atoms with E-state index in [4.69, 9.17) is 4.74 Å². The Morgan fingerprint density at radius 2 is 2.13 bits per heavy atom. The van der Waals surface area contributed by atoms with E-state index in [1.54, 1.807) is 7.11 Å². The van der Waals surface area contributed by atoms with Gasteiger partial charge in [-0.3, -0.25) is 0 Å². The summed E-state index contributed by atoms with van der Waals surface area (Å²) in [4.78, 5) is 0. The summed E-state index contributed by atoms with van der Waals surface area (Å²) in [6.45, 7) is 1.10. The molecule has 3 heteroatoms. The third-order valence-electron chi connectivity index (χ3n) is 3.05. The van der Waals surface area contributed by atoms with Crippen LogP contribution in [0.3, 0.4) is 0 Å². The molecule has 1 aliphatic carbocycles. The lowest BCUT2D eigenvalue weighted by atomic mass is 10.1. The van der Waals surface area contributed by atoms with Crippen molar-refractivity contribution in [2.24, 2.45) is 5.41 Å². The van der Waals surface area contributed by atoms with Crippen LogP contribution in [0.2, 0.25) is 0 Å². The number of anilines is 1. The maximum atomic E-state index is 9.19. The third-order valence-corrected chi connectivity index (χ3v) is 3.05. The molecule has 1 aromatic rings. The zero-order valence-electron chi connectivity index (χ0n) is 8.99. The molecule has 0 heterocycles. The number of aliphatic hydroxyl groups is 1. The van der Waals surface area contributed by atoms with Gasteiger partial charge in [-0.2, -0.15) is 0 Å². The predicted molar refractivity (Wildman–Crippen MR) is 60.2 cm³/mol. The highest BCUT2D eigenvalue weighted by atomic mass is 16.5. The molecule has 15 heavy (non-hydrogen) atoms. The number of aliphatic hydroxyl groups excluding tert-OH is 1. The maximum absolute atomic E-state index is 9.19. The minimum absolute atomic E-state index is 0.126. The molecule has 0 radical (unpaired) electrons. The number of benzene rings is 1. The lowest BCUT2D eigenvalue weighted by Gasteiger charge is -2.15. The van der Waals surface area contributed by atoms with Crippen molar-refractivity contribution in [2.45, 2.75) is 12.8 Å². The van der Waals surface area contributed by atoms with Crippen molar-refractivity contribution in [1.29, 1.82) is 0 Å². The van der Waals surface area contributed by atoms with Gasteiger partial charge in [-0.15, -0.1) is 0 Å². The minimum Gasteiger partial charge on any atom is -0.495 e. The van der Waals surface area contributed by atoms with Gasteiger partial charge in [0.1, 0.15) is 5.75 Å². The van der Waals surface area contributed by atoms with Crippen molar-refractivity contribution in [3.63, 3.8) is 0 Å². The Morgan fingerprint density at radius 1 is 1.40 bits per heavy atom.